The predicted octanol–water partition coefficient (Wildman–Crippen LogP) is -0.161. The molecule has 0 aliphatic heterocycles. The van der Waals surface area contributed by atoms with Crippen LogP contribution in [0.2, 0.25) is 0 Å². The van der Waals surface area contributed by atoms with Gasteiger partial charge in [0.1, 0.15) is 1.28 Å². The van der Waals surface area contributed by atoms with Crippen LogP contribution in [0.3, 0.4) is 0 Å². The van der Waals surface area contributed by atoms with Gasteiger partial charge in [-0.15, -0.1) is 0 Å². The van der Waals surface area contributed by atoms with Gasteiger partial charge in [-0.05, 0) is 0 Å². The second-order valence-electron chi connectivity index (χ2n) is 0.327. The molecule has 0 spiro atoms. The minimum Gasteiger partial charge on any atom is -0.207 e. The van der Waals surface area contributed by atoms with E-state index in [0.717, 1.165) is 0 Å². The van der Waals surface area contributed by atoms with E-state index in [1.54, 1.807) is 0 Å². The van der Waals surface area contributed by atoms with E-state index in [0.29, 0.717) is 0 Å². The highest BCUT2D eigenvalue weighted by molar-refractivity contribution is 7.72. The lowest BCUT2D eigenvalue weighted by Gasteiger charge is -1.50. The molecule has 0 heterocycles. The fraction of sp³-hybridized carbons (Fsp3) is 0. The van der Waals surface area contributed by atoms with Gasteiger partial charge in [0.05, 0.1) is 0 Å². The molecule has 0 aliphatic rings. The first-order valence-electron chi connectivity index (χ1n) is 1.21. The van der Waals surface area contributed by atoms with Gasteiger partial charge in [0.25, 0.3) is 0 Å². The Labute approximate surface area is 34.7 Å². The minimum absolute atomic E-state index is 0.197. The van der Waals surface area contributed by atoms with Crippen LogP contribution in [-0.4, -0.2) is 9.70 Å². The molecule has 0 aromatic carbocycles. The maximum Gasteiger partial charge on any atom is 0.246 e. The van der Waals surface area contributed by atoms with Crippen LogP contribution >= 0.6 is 8.98 Å². The molecule has 0 atom stereocenters. The summed E-state index contributed by atoms with van der Waals surface area (Å²) in [6.07, 6.45) is 0. The van der Waals surface area contributed by atoms with E-state index in [-0.39, 0.29) is 8.98 Å². The molecule has 0 radical (unpaired) electrons. The molecule has 0 fully saturated rings. The summed E-state index contributed by atoms with van der Waals surface area (Å²) in [6.45, 7) is 0. The molecule has 0 aromatic heterocycles. The molecular weight excluding hydrogens is 109 g/mol. The van der Waals surface area contributed by atoms with Crippen LogP contribution in [0.1, 0.15) is 0 Å². The Balaban J connectivity index is 3.62. The summed E-state index contributed by atoms with van der Waals surface area (Å²) in [7, 11) is -2.87. The van der Waals surface area contributed by atoms with Gasteiger partial charge in [-0.1, -0.05) is 0 Å². The molecule has 0 bridgehead atoms. The molecule has 0 saturated heterocycles. The molecule has 5 heavy (non-hydrogen) atoms. The van der Waals surface area contributed by atoms with E-state index in [4.69, 9.17) is 1.28 Å². The smallest absolute Gasteiger partial charge is 0.207 e. The third-order valence-electron chi connectivity index (χ3n) is 0.0730. The van der Waals surface area contributed by atoms with E-state index in [1.165, 1.54) is 0 Å². The van der Waals surface area contributed by atoms with Crippen molar-refractivity contribution < 1.29 is 8.42 Å². The average Bonchev–Trinajstić information content (AvgIpc) is 1.35. The lowest BCUT2D eigenvalue weighted by atomic mass is 13.9. The van der Waals surface area contributed by atoms with Crippen molar-refractivity contribution in [1.29, 1.82) is 1.28 Å². The van der Waals surface area contributed by atoms with E-state index in [1.807, 2.05) is 0 Å². The summed E-state index contributed by atoms with van der Waals surface area (Å²) in [5.41, 5.74) is 0. The zero-order chi connectivity index (χ0) is 4.99. The van der Waals surface area contributed by atoms with Crippen molar-refractivity contribution in [2.45, 2.75) is 0 Å². The highest BCUT2D eigenvalue weighted by atomic mass is 32.2. The van der Waals surface area contributed by atoms with Crippen molar-refractivity contribution in [2.75, 3.05) is 0 Å². The summed E-state index contributed by atoms with van der Waals surface area (Å²) >= 11 is 0. The van der Waals surface area contributed by atoms with Crippen molar-refractivity contribution in [3.63, 3.8) is 0 Å². The Morgan fingerprint density at radius 2 is 2.60 bits per heavy atom. The van der Waals surface area contributed by atoms with E-state index in [9.17, 15) is 8.42 Å². The zero-order valence-electron chi connectivity index (χ0n) is 3.16. The third kappa shape index (κ3) is 4.05. The monoisotopic (exact) mass is 113 g/mol. The SMILES string of the molecule is [3H]/P=N/[SH](=O)=O. The lowest BCUT2D eigenvalue weighted by Crippen LogP contribution is -1.52. The molecule has 0 rings (SSSR count). The normalized spacial score (nSPS) is 13.4. The lowest BCUT2D eigenvalue weighted by molar-refractivity contribution is 0.617. The second kappa shape index (κ2) is 2.30. The standard InChI is InChI=1S/H2NO2PS/c2-5(3)1-4/h4-5H/i4T. The molecule has 0 unspecified atom stereocenters. The number of rotatable bonds is 1. The highest BCUT2D eigenvalue weighted by Gasteiger charge is 1.55. The number of thiol groups is 1. The van der Waals surface area contributed by atoms with Crippen molar-refractivity contribution in [1.82, 2.24) is 0 Å². The van der Waals surface area contributed by atoms with Gasteiger partial charge in [-0.3, -0.25) is 0 Å². The van der Waals surface area contributed by atoms with Gasteiger partial charge in [0, 0.05) is 8.98 Å². The first kappa shape index (κ1) is 3.25. The molecular formula is H2NO2PS. The van der Waals surface area contributed by atoms with Gasteiger partial charge in [-0.2, -0.15) is 4.15 Å². The molecule has 30 valence electrons. The van der Waals surface area contributed by atoms with Crippen LogP contribution in [-0.2, 0) is 10.9 Å². The van der Waals surface area contributed by atoms with E-state index >= 15 is 0 Å². The number of nitrogens with zero attached hydrogens (tertiary/aromatic N) is 1. The topological polar surface area (TPSA) is 46.5 Å². The Morgan fingerprint density at radius 1 is 2.00 bits per heavy atom. The largest absolute Gasteiger partial charge is 0.246 e. The fourth-order valence-electron chi connectivity index (χ4n) is 0. The van der Waals surface area contributed by atoms with Crippen molar-refractivity contribution in [3.8, 4) is 0 Å². The van der Waals surface area contributed by atoms with E-state index < -0.39 is 10.9 Å². The van der Waals surface area contributed by atoms with Gasteiger partial charge >= 0.3 is 0 Å². The van der Waals surface area contributed by atoms with Gasteiger partial charge < -0.3 is 0 Å². The maximum absolute atomic E-state index is 9.34. The van der Waals surface area contributed by atoms with Gasteiger partial charge in [0.2, 0.25) is 10.9 Å². The predicted molar refractivity (Wildman–Crippen MR) is 21.1 cm³/mol. The Kier molecular flexibility index (Phi) is 1.49. The maximum atomic E-state index is 9.34. The molecule has 0 aliphatic carbocycles. The average molecular weight is 113 g/mol. The Morgan fingerprint density at radius 3 is 2.60 bits per heavy atom. The Hall–Kier alpha value is 0.0500. The quantitative estimate of drug-likeness (QED) is 0.379. The summed E-state index contributed by atoms with van der Waals surface area (Å²) in [5.74, 6) is 0. The Bertz CT molecular complexity index is 109. The molecule has 0 amide bonds. The molecule has 0 aromatic rings. The summed E-state index contributed by atoms with van der Waals surface area (Å²) in [5, 5.41) is 0. The van der Waals surface area contributed by atoms with Crippen LogP contribution in [0.5, 0.6) is 0 Å². The van der Waals surface area contributed by atoms with Crippen LogP contribution in [0.25, 0.3) is 0 Å². The molecule has 0 N–H and O–H groups in total. The van der Waals surface area contributed by atoms with Crippen molar-refractivity contribution >= 4 is 19.9 Å². The van der Waals surface area contributed by atoms with E-state index in [2.05, 4.69) is 4.15 Å². The van der Waals surface area contributed by atoms with Gasteiger partial charge in [0.15, 0.2) is 0 Å². The zero-order valence-corrected chi connectivity index (χ0v) is 3.95. The third-order valence-corrected chi connectivity index (χ3v) is 0.657. The number of hydrogen-bond donors (Lipinski definition) is 1. The van der Waals surface area contributed by atoms with Crippen LogP contribution in [0, 0.1) is 0 Å². The second-order valence-corrected chi connectivity index (χ2v) is 1.52. The fourth-order valence-corrected chi connectivity index (χ4v) is 0. The summed E-state index contributed by atoms with van der Waals surface area (Å²) in [4.78, 5) is 0. The molecule has 5 heteroatoms. The van der Waals surface area contributed by atoms with Crippen molar-refractivity contribution in [3.05, 3.63) is 0 Å². The van der Waals surface area contributed by atoms with Crippen LogP contribution < -0.4 is 0 Å². The van der Waals surface area contributed by atoms with Crippen LogP contribution in [0.4, 0.5) is 0 Å². The summed E-state index contributed by atoms with van der Waals surface area (Å²) < 4.78 is 27.6. The first-order valence-corrected chi connectivity index (χ1v) is 2.30. The molecule has 0 saturated carbocycles. The van der Waals surface area contributed by atoms with Crippen molar-refractivity contribution in [2.24, 2.45) is 4.15 Å². The summed E-state index contributed by atoms with van der Waals surface area (Å²) in [6, 6.07) is 0. The number of hydrogen-bond acceptors (Lipinski definition) is 2. The first-order chi connectivity index (χ1) is 2.77. The van der Waals surface area contributed by atoms with Crippen LogP contribution in [0.15, 0.2) is 4.15 Å². The van der Waals surface area contributed by atoms with Gasteiger partial charge in [-0.25, -0.2) is 8.42 Å². The highest BCUT2D eigenvalue weighted by Crippen LogP contribution is 1.67. The molecule has 3 nitrogen and oxygen atoms in total. The minimum atomic E-state index is -2.68.